The number of aryl methyl sites for hydroxylation is 1. The minimum atomic E-state index is -0.330. The third kappa shape index (κ3) is 4.70. The summed E-state index contributed by atoms with van der Waals surface area (Å²) in [5.74, 6) is 6.29. The van der Waals surface area contributed by atoms with Crippen molar-refractivity contribution in [3.05, 3.63) is 45.7 Å². The molecule has 0 spiro atoms. The molecule has 11 heteroatoms. The molecule has 4 heterocycles. The first-order valence-electron chi connectivity index (χ1n) is 10.9. The van der Waals surface area contributed by atoms with Gasteiger partial charge in [-0.1, -0.05) is 0 Å². The summed E-state index contributed by atoms with van der Waals surface area (Å²) in [6, 6.07) is 4.09. The van der Waals surface area contributed by atoms with Crippen molar-refractivity contribution >= 4 is 28.3 Å². The van der Waals surface area contributed by atoms with Gasteiger partial charge in [-0.05, 0) is 39.7 Å². The quantitative estimate of drug-likeness (QED) is 0.250. The van der Waals surface area contributed by atoms with Gasteiger partial charge in [-0.25, -0.2) is 9.50 Å². The number of likely N-dealkylation sites (tertiary alicyclic amines) is 1. The highest BCUT2D eigenvalue weighted by Crippen LogP contribution is 2.30. The summed E-state index contributed by atoms with van der Waals surface area (Å²) in [7, 11) is 0. The summed E-state index contributed by atoms with van der Waals surface area (Å²) in [4.78, 5) is 11.1. The van der Waals surface area contributed by atoms with Crippen molar-refractivity contribution in [1.82, 2.24) is 19.5 Å². The van der Waals surface area contributed by atoms with Crippen LogP contribution in [0.15, 0.2) is 33.9 Å². The second-order valence-corrected chi connectivity index (χ2v) is 9.18. The molecule has 34 heavy (non-hydrogen) atoms. The van der Waals surface area contributed by atoms with Crippen LogP contribution in [0.4, 0.5) is 0 Å². The second kappa shape index (κ2) is 9.89. The lowest BCUT2D eigenvalue weighted by Crippen LogP contribution is -2.32. The monoisotopic (exact) mass is 475 g/mol. The zero-order valence-corrected chi connectivity index (χ0v) is 20.1. The first kappa shape index (κ1) is 23.2. The Morgan fingerprint density at radius 1 is 1.35 bits per heavy atom. The van der Waals surface area contributed by atoms with Gasteiger partial charge in [0.05, 0.1) is 28.7 Å². The molecule has 1 saturated heterocycles. The molecule has 1 unspecified atom stereocenters. The highest BCUT2D eigenvalue weighted by Gasteiger charge is 2.22. The van der Waals surface area contributed by atoms with E-state index >= 15 is 0 Å². The number of aromatic nitrogens is 3. The van der Waals surface area contributed by atoms with E-state index in [0.29, 0.717) is 46.9 Å². The molecule has 0 amide bonds. The third-order valence-corrected chi connectivity index (χ3v) is 6.57. The van der Waals surface area contributed by atoms with Crippen molar-refractivity contribution in [2.75, 3.05) is 13.1 Å². The van der Waals surface area contributed by atoms with Gasteiger partial charge in [0.1, 0.15) is 34.7 Å². The van der Waals surface area contributed by atoms with Gasteiger partial charge in [0.15, 0.2) is 6.19 Å². The molecule has 1 fully saturated rings. The van der Waals surface area contributed by atoms with Crippen LogP contribution in [0.25, 0.3) is 5.52 Å². The number of pyridine rings is 1. The molecule has 10 nitrogen and oxygen atoms in total. The Morgan fingerprint density at radius 3 is 2.74 bits per heavy atom. The molecular weight excluding hydrogens is 450 g/mol. The molecule has 0 saturated carbocycles. The fourth-order valence-electron chi connectivity index (χ4n) is 4.01. The Bertz CT molecular complexity index is 1330. The summed E-state index contributed by atoms with van der Waals surface area (Å²) < 4.78 is 7.88. The highest BCUT2D eigenvalue weighted by atomic mass is 32.1. The lowest BCUT2D eigenvalue weighted by Gasteiger charge is -2.26. The fraction of sp³-hybridized carbons (Fsp3) is 0.391. The number of hydrazone groups is 1. The molecule has 0 bridgehead atoms. The van der Waals surface area contributed by atoms with E-state index in [0.717, 1.165) is 23.5 Å². The molecule has 4 rings (SSSR count). The maximum absolute atomic E-state index is 9.58. The molecule has 0 radical (unpaired) electrons. The summed E-state index contributed by atoms with van der Waals surface area (Å²) in [5.41, 5.74) is 3.68. The van der Waals surface area contributed by atoms with Crippen LogP contribution in [0.3, 0.4) is 0 Å². The summed E-state index contributed by atoms with van der Waals surface area (Å²) in [6.07, 6.45) is 6.73. The Kier molecular flexibility index (Phi) is 6.75. The Morgan fingerprint density at radius 2 is 2.12 bits per heavy atom. The van der Waals surface area contributed by atoms with Gasteiger partial charge < -0.3 is 15.5 Å². The van der Waals surface area contributed by atoms with Crippen molar-refractivity contribution < 1.29 is 4.74 Å². The van der Waals surface area contributed by atoms with Crippen molar-refractivity contribution in [3.8, 4) is 18.0 Å². The minimum absolute atomic E-state index is 0.101. The summed E-state index contributed by atoms with van der Waals surface area (Å²) in [5, 5.41) is 29.9. The number of hydrogen-bond donors (Lipinski definition) is 1. The maximum Gasteiger partial charge on any atom is 0.179 e. The number of thiazole rings is 1. The van der Waals surface area contributed by atoms with Crippen molar-refractivity contribution in [3.63, 3.8) is 0 Å². The van der Waals surface area contributed by atoms with Crippen molar-refractivity contribution in [1.29, 1.82) is 10.5 Å². The summed E-state index contributed by atoms with van der Waals surface area (Å²) in [6.45, 7) is 7.11. The van der Waals surface area contributed by atoms with Gasteiger partial charge in [0, 0.05) is 30.2 Å². The fourth-order valence-corrected chi connectivity index (χ4v) is 4.70. The number of ether oxygens (including phenoxy) is 1. The van der Waals surface area contributed by atoms with Gasteiger partial charge >= 0.3 is 0 Å². The van der Waals surface area contributed by atoms with Gasteiger partial charge in [0.25, 0.3) is 0 Å². The van der Waals surface area contributed by atoms with E-state index in [1.165, 1.54) is 6.20 Å². The zero-order chi connectivity index (χ0) is 24.2. The van der Waals surface area contributed by atoms with Crippen molar-refractivity contribution in [2.45, 2.75) is 45.8 Å². The Balaban J connectivity index is 1.68. The van der Waals surface area contributed by atoms with E-state index in [4.69, 9.17) is 20.8 Å². The molecule has 1 aliphatic heterocycles. The smallest absolute Gasteiger partial charge is 0.179 e. The molecule has 0 aliphatic carbocycles. The van der Waals surface area contributed by atoms with Crippen molar-refractivity contribution in [2.24, 2.45) is 15.9 Å². The van der Waals surface area contributed by atoms with E-state index in [1.54, 1.807) is 26.9 Å². The Labute approximate surface area is 201 Å². The van der Waals surface area contributed by atoms with Crippen LogP contribution in [0.2, 0.25) is 0 Å². The van der Waals surface area contributed by atoms with E-state index < -0.39 is 0 Å². The number of aliphatic imine (C=N–C) groups is 1. The molecule has 174 valence electrons. The highest BCUT2D eigenvalue weighted by molar-refractivity contribution is 7.09. The lowest BCUT2D eigenvalue weighted by molar-refractivity contribution is 0.224. The van der Waals surface area contributed by atoms with Crippen LogP contribution >= 0.6 is 11.3 Å². The number of hydrogen-bond acceptors (Lipinski definition) is 10. The van der Waals surface area contributed by atoms with E-state index in [1.807, 2.05) is 32.2 Å². The SMILES string of the molecule is CC(=NC1CCN(C#N)CC1)/C(=N\N)c1cc(OC(C)c2csc(C)n2)c2c(C#N)cnn2c1. The molecule has 1 atom stereocenters. The van der Waals surface area contributed by atoms with Gasteiger partial charge in [-0.15, -0.1) is 11.3 Å². The third-order valence-electron chi connectivity index (χ3n) is 5.78. The number of fused-ring (bicyclic) bond motifs is 1. The molecule has 2 N–H and O–H groups in total. The number of rotatable bonds is 6. The average molecular weight is 476 g/mol. The predicted octanol–water partition coefficient (Wildman–Crippen LogP) is 3.18. The lowest BCUT2D eigenvalue weighted by atomic mass is 10.0. The van der Waals surface area contributed by atoms with Crippen LogP contribution in [-0.4, -0.2) is 50.1 Å². The molecule has 1 aliphatic rings. The second-order valence-electron chi connectivity index (χ2n) is 8.12. The minimum Gasteiger partial charge on any atom is -0.482 e. The van der Waals surface area contributed by atoms with E-state index in [9.17, 15) is 5.26 Å². The molecule has 3 aromatic heterocycles. The first-order valence-corrected chi connectivity index (χ1v) is 11.8. The standard InChI is InChI=1S/C23H25N9OS/c1-14(28-19-4-6-31(13-25)7-5-19)22(30-26)17-8-21(23-18(9-24)10-27-32(23)11-17)33-15(2)20-12-34-16(3)29-20/h8,10-12,15,19H,4-7,26H2,1-3H3/b28-14?,30-22+. The first-order chi connectivity index (χ1) is 16.4. The van der Waals surface area contributed by atoms with Gasteiger partial charge in [-0.3, -0.25) is 4.99 Å². The number of piperidine rings is 1. The normalized spacial score (nSPS) is 16.3. The molecule has 0 aromatic carbocycles. The number of nitriles is 2. The maximum atomic E-state index is 9.58. The topological polar surface area (TPSA) is 141 Å². The summed E-state index contributed by atoms with van der Waals surface area (Å²) >= 11 is 1.56. The van der Waals surface area contributed by atoms with Crippen LogP contribution in [-0.2, 0) is 0 Å². The van der Waals surface area contributed by atoms with E-state index in [2.05, 4.69) is 27.4 Å². The molecular formula is C23H25N9OS. The van der Waals surface area contributed by atoms with E-state index in [-0.39, 0.29) is 12.1 Å². The van der Waals surface area contributed by atoms with Crippen LogP contribution in [0.5, 0.6) is 5.75 Å². The largest absolute Gasteiger partial charge is 0.482 e. The van der Waals surface area contributed by atoms with Crippen LogP contribution in [0, 0.1) is 29.7 Å². The molecule has 3 aromatic rings. The zero-order valence-electron chi connectivity index (χ0n) is 19.3. The number of nitrogens with two attached hydrogens (primary N) is 1. The van der Waals surface area contributed by atoms with Crippen LogP contribution < -0.4 is 10.6 Å². The van der Waals surface area contributed by atoms with Gasteiger partial charge in [-0.2, -0.15) is 20.7 Å². The Hall–Kier alpha value is -3.96. The van der Waals surface area contributed by atoms with Gasteiger partial charge in [0.2, 0.25) is 0 Å². The van der Waals surface area contributed by atoms with Crippen LogP contribution in [0.1, 0.15) is 54.6 Å². The average Bonchev–Trinajstić information content (AvgIpc) is 3.46. The number of nitrogens with zero attached hydrogens (tertiary/aromatic N) is 8. The predicted molar refractivity (Wildman–Crippen MR) is 130 cm³/mol.